The molecule has 1 heterocycles. The van der Waals surface area contributed by atoms with E-state index in [1.54, 1.807) is 13.0 Å². The second-order valence-corrected chi connectivity index (χ2v) is 3.82. The molecule has 1 unspecified atom stereocenters. The number of aromatic nitrogens is 1. The minimum absolute atomic E-state index is 0.428. The molecule has 0 aliphatic heterocycles. The fourth-order valence-electron chi connectivity index (χ4n) is 0.989. The third kappa shape index (κ3) is 1.97. The summed E-state index contributed by atoms with van der Waals surface area (Å²) >= 11 is 8.99. The van der Waals surface area contributed by atoms with E-state index in [0.717, 1.165) is 11.3 Å². The molecule has 0 fully saturated rings. The van der Waals surface area contributed by atoms with Crippen LogP contribution in [-0.4, -0.2) is 10.1 Å². The monoisotopic (exact) mass is 249 g/mol. The van der Waals surface area contributed by atoms with E-state index in [-0.39, 0.29) is 0 Å². The largest absolute Gasteiger partial charge is 0.389 e. The summed E-state index contributed by atoms with van der Waals surface area (Å²) in [4.78, 5) is 4.05. The van der Waals surface area contributed by atoms with E-state index in [1.807, 2.05) is 6.92 Å². The summed E-state index contributed by atoms with van der Waals surface area (Å²) in [5.74, 6) is 0. The molecule has 2 nitrogen and oxygen atoms in total. The number of nitrogens with zero attached hydrogens (tertiary/aromatic N) is 1. The van der Waals surface area contributed by atoms with Crippen molar-refractivity contribution in [3.8, 4) is 0 Å². The third-order valence-corrected chi connectivity index (χ3v) is 2.73. The summed E-state index contributed by atoms with van der Waals surface area (Å²) < 4.78 is 0.714. The van der Waals surface area contributed by atoms with Gasteiger partial charge < -0.3 is 5.11 Å². The van der Waals surface area contributed by atoms with Gasteiger partial charge in [-0.05, 0) is 35.8 Å². The van der Waals surface area contributed by atoms with Crippen LogP contribution in [0.2, 0.25) is 5.15 Å². The molecule has 0 radical (unpaired) electrons. The van der Waals surface area contributed by atoms with Gasteiger partial charge in [0.2, 0.25) is 0 Å². The molecule has 1 aromatic heterocycles. The molecule has 1 N–H and O–H groups in total. The van der Waals surface area contributed by atoms with E-state index in [4.69, 9.17) is 11.6 Å². The van der Waals surface area contributed by atoms with Crippen LogP contribution < -0.4 is 0 Å². The Morgan fingerprint density at radius 2 is 2.25 bits per heavy atom. The van der Waals surface area contributed by atoms with Crippen molar-refractivity contribution in [2.75, 3.05) is 0 Å². The van der Waals surface area contributed by atoms with E-state index < -0.39 is 6.10 Å². The molecule has 1 atom stereocenters. The molecular formula is C8H9BrClNO. The van der Waals surface area contributed by atoms with Gasteiger partial charge in [-0.15, -0.1) is 0 Å². The molecule has 0 spiro atoms. The lowest BCUT2D eigenvalue weighted by Crippen LogP contribution is -1.98. The van der Waals surface area contributed by atoms with Crippen molar-refractivity contribution in [3.63, 3.8) is 0 Å². The maximum Gasteiger partial charge on any atom is 0.143 e. The summed E-state index contributed by atoms with van der Waals surface area (Å²) in [5, 5.41) is 9.74. The van der Waals surface area contributed by atoms with E-state index in [1.165, 1.54) is 0 Å². The summed E-state index contributed by atoms with van der Waals surface area (Å²) in [6, 6.07) is 1.79. The predicted octanol–water partition coefficient (Wildman–Crippen LogP) is 2.86. The normalized spacial score (nSPS) is 13.1. The number of hydrogen-bond donors (Lipinski definition) is 1. The highest BCUT2D eigenvalue weighted by Crippen LogP contribution is 2.26. The van der Waals surface area contributed by atoms with Gasteiger partial charge in [-0.1, -0.05) is 11.6 Å². The highest BCUT2D eigenvalue weighted by atomic mass is 79.9. The molecule has 0 bridgehead atoms. The first-order chi connectivity index (χ1) is 5.52. The Hall–Kier alpha value is -0.120. The van der Waals surface area contributed by atoms with Crippen LogP contribution in [0, 0.1) is 6.92 Å². The quantitative estimate of drug-likeness (QED) is 0.778. The molecule has 0 saturated heterocycles. The summed E-state index contributed by atoms with van der Waals surface area (Å²) in [7, 11) is 0. The fourth-order valence-corrected chi connectivity index (χ4v) is 1.51. The SMILES string of the molecule is Cc1nc(Cl)c(Br)cc1C(C)O. The Labute approximate surface area is 84.7 Å². The average Bonchev–Trinajstić information content (AvgIpc) is 1.96. The first kappa shape index (κ1) is 9.96. The van der Waals surface area contributed by atoms with Gasteiger partial charge in [-0.25, -0.2) is 4.98 Å². The Balaban J connectivity index is 3.23. The van der Waals surface area contributed by atoms with Crippen molar-refractivity contribution in [1.82, 2.24) is 4.98 Å². The maximum absolute atomic E-state index is 9.32. The lowest BCUT2D eigenvalue weighted by atomic mass is 10.1. The van der Waals surface area contributed by atoms with Crippen LogP contribution in [0.15, 0.2) is 10.5 Å². The molecule has 0 amide bonds. The van der Waals surface area contributed by atoms with Gasteiger partial charge in [0.25, 0.3) is 0 Å². The molecular weight excluding hydrogens is 241 g/mol. The number of aliphatic hydroxyl groups excluding tert-OH is 1. The molecule has 1 aromatic rings. The molecule has 0 saturated carbocycles. The van der Waals surface area contributed by atoms with E-state index >= 15 is 0 Å². The Bertz CT molecular complexity index is 301. The Kier molecular flexibility index (Phi) is 3.09. The number of hydrogen-bond acceptors (Lipinski definition) is 2. The fraction of sp³-hybridized carbons (Fsp3) is 0.375. The summed E-state index contributed by atoms with van der Waals surface area (Å²) in [6.45, 7) is 3.52. The molecule has 4 heteroatoms. The van der Waals surface area contributed by atoms with Gasteiger partial charge in [-0.2, -0.15) is 0 Å². The lowest BCUT2D eigenvalue weighted by Gasteiger charge is -2.08. The number of halogens is 2. The number of rotatable bonds is 1. The van der Waals surface area contributed by atoms with Crippen LogP contribution in [0.1, 0.15) is 24.3 Å². The van der Waals surface area contributed by atoms with Crippen LogP contribution in [0.5, 0.6) is 0 Å². The van der Waals surface area contributed by atoms with Crippen LogP contribution >= 0.6 is 27.5 Å². The van der Waals surface area contributed by atoms with Crippen molar-refractivity contribution in [1.29, 1.82) is 0 Å². The highest BCUT2D eigenvalue weighted by Gasteiger charge is 2.09. The zero-order chi connectivity index (χ0) is 9.30. The second kappa shape index (κ2) is 3.73. The number of aliphatic hydroxyl groups is 1. The Morgan fingerprint density at radius 3 is 2.75 bits per heavy atom. The van der Waals surface area contributed by atoms with E-state index in [0.29, 0.717) is 9.63 Å². The van der Waals surface area contributed by atoms with Crippen molar-refractivity contribution in [2.24, 2.45) is 0 Å². The van der Waals surface area contributed by atoms with Gasteiger partial charge in [0.15, 0.2) is 0 Å². The second-order valence-electron chi connectivity index (χ2n) is 2.61. The third-order valence-electron chi connectivity index (χ3n) is 1.61. The molecule has 0 aliphatic rings. The molecule has 66 valence electrons. The standard InChI is InChI=1S/C8H9BrClNO/c1-4-6(5(2)12)3-7(9)8(10)11-4/h3,5,12H,1-2H3. The van der Waals surface area contributed by atoms with Gasteiger partial charge >= 0.3 is 0 Å². The molecule has 0 aliphatic carbocycles. The zero-order valence-electron chi connectivity index (χ0n) is 6.81. The predicted molar refractivity (Wildman–Crippen MR) is 52.3 cm³/mol. The van der Waals surface area contributed by atoms with Gasteiger partial charge in [0.1, 0.15) is 5.15 Å². The average molecular weight is 251 g/mol. The molecule has 12 heavy (non-hydrogen) atoms. The van der Waals surface area contributed by atoms with Gasteiger partial charge in [0.05, 0.1) is 10.6 Å². The molecule has 1 rings (SSSR count). The maximum atomic E-state index is 9.32. The van der Waals surface area contributed by atoms with Crippen LogP contribution in [0.25, 0.3) is 0 Å². The van der Waals surface area contributed by atoms with Crippen molar-refractivity contribution in [2.45, 2.75) is 20.0 Å². The van der Waals surface area contributed by atoms with Crippen LogP contribution in [0.3, 0.4) is 0 Å². The summed E-state index contributed by atoms with van der Waals surface area (Å²) in [5.41, 5.74) is 1.56. The minimum Gasteiger partial charge on any atom is -0.389 e. The zero-order valence-corrected chi connectivity index (χ0v) is 9.15. The van der Waals surface area contributed by atoms with Gasteiger partial charge in [0, 0.05) is 11.3 Å². The first-order valence-corrected chi connectivity index (χ1v) is 4.70. The van der Waals surface area contributed by atoms with E-state index in [9.17, 15) is 5.11 Å². The topological polar surface area (TPSA) is 33.1 Å². The highest BCUT2D eigenvalue weighted by molar-refractivity contribution is 9.10. The Morgan fingerprint density at radius 1 is 1.67 bits per heavy atom. The van der Waals surface area contributed by atoms with E-state index in [2.05, 4.69) is 20.9 Å². The first-order valence-electron chi connectivity index (χ1n) is 3.53. The molecule has 0 aromatic carbocycles. The smallest absolute Gasteiger partial charge is 0.143 e. The summed E-state index contributed by atoms with van der Waals surface area (Å²) in [6.07, 6.45) is -0.508. The number of pyridine rings is 1. The minimum atomic E-state index is -0.508. The van der Waals surface area contributed by atoms with Crippen molar-refractivity contribution in [3.05, 3.63) is 26.9 Å². The van der Waals surface area contributed by atoms with Gasteiger partial charge in [-0.3, -0.25) is 0 Å². The van der Waals surface area contributed by atoms with Crippen LogP contribution in [-0.2, 0) is 0 Å². The number of aryl methyl sites for hydroxylation is 1. The lowest BCUT2D eigenvalue weighted by molar-refractivity contribution is 0.198. The van der Waals surface area contributed by atoms with Crippen molar-refractivity contribution < 1.29 is 5.11 Å². The van der Waals surface area contributed by atoms with Crippen LogP contribution in [0.4, 0.5) is 0 Å². The van der Waals surface area contributed by atoms with Crippen molar-refractivity contribution >= 4 is 27.5 Å².